The largest absolute Gasteiger partial charge is 0.497 e. The zero-order valence-corrected chi connectivity index (χ0v) is 26.4. The first-order valence-electron chi connectivity index (χ1n) is 14.5. The van der Waals surface area contributed by atoms with Crippen molar-refractivity contribution in [2.24, 2.45) is 22.7 Å². The molecule has 11 nitrogen and oxygen atoms in total. The van der Waals surface area contributed by atoms with Crippen LogP contribution in [-0.2, 0) is 9.53 Å². The quantitative estimate of drug-likeness (QED) is 0.213. The van der Waals surface area contributed by atoms with Crippen LogP contribution in [0.1, 0.15) is 53.3 Å². The molecular weight excluding hydrogens is 566 g/mol. The lowest BCUT2D eigenvalue weighted by atomic mass is 9.75. The van der Waals surface area contributed by atoms with E-state index < -0.39 is 5.97 Å². The Labute approximate surface area is 256 Å². The first-order chi connectivity index (χ1) is 20.7. The lowest BCUT2D eigenvalue weighted by Gasteiger charge is -2.37. The molecule has 2 aromatic heterocycles. The van der Waals surface area contributed by atoms with E-state index in [2.05, 4.69) is 49.3 Å². The van der Waals surface area contributed by atoms with Crippen molar-refractivity contribution in [3.05, 3.63) is 47.3 Å². The fourth-order valence-corrected chi connectivity index (χ4v) is 7.04. The molecule has 0 bridgehead atoms. The molecule has 2 unspecified atom stereocenters. The second-order valence-corrected chi connectivity index (χ2v) is 12.0. The summed E-state index contributed by atoms with van der Waals surface area (Å²) >= 11 is 1.40. The van der Waals surface area contributed by atoms with E-state index in [0.717, 1.165) is 30.9 Å². The fourth-order valence-electron chi connectivity index (χ4n) is 6.13. The number of carbonyl (C=O) groups excluding carboxylic acids is 1. The molecule has 226 valence electrons. The van der Waals surface area contributed by atoms with Gasteiger partial charge in [0.2, 0.25) is 10.8 Å². The molecule has 2 atom stereocenters. The zero-order valence-electron chi connectivity index (χ0n) is 25.6. The van der Waals surface area contributed by atoms with Crippen molar-refractivity contribution in [1.29, 1.82) is 0 Å². The molecule has 1 aliphatic heterocycles. The van der Waals surface area contributed by atoms with Crippen LogP contribution in [0, 0.1) is 24.3 Å². The summed E-state index contributed by atoms with van der Waals surface area (Å²) in [7, 11) is 3.13. The number of benzene rings is 1. The molecule has 2 aliphatic rings. The highest BCUT2D eigenvalue weighted by atomic mass is 32.1. The maximum atomic E-state index is 13.9. The number of thiazole rings is 1. The molecule has 1 aliphatic carbocycles. The van der Waals surface area contributed by atoms with E-state index in [-0.39, 0.29) is 40.9 Å². The van der Waals surface area contributed by atoms with Crippen LogP contribution >= 0.6 is 11.3 Å². The number of hydrogen-bond acceptors (Lipinski definition) is 10. The average Bonchev–Trinajstić information content (AvgIpc) is 3.70. The van der Waals surface area contributed by atoms with E-state index in [1.165, 1.54) is 16.0 Å². The van der Waals surface area contributed by atoms with Crippen molar-refractivity contribution in [2.75, 3.05) is 32.2 Å². The Morgan fingerprint density at radius 3 is 2.51 bits per heavy atom. The number of fused-ring (bicyclic) bond motifs is 1. The second kappa shape index (κ2) is 12.6. The summed E-state index contributed by atoms with van der Waals surface area (Å²) in [6, 6.07) is 5.31. The minimum atomic E-state index is -0.602. The van der Waals surface area contributed by atoms with Crippen molar-refractivity contribution in [1.82, 2.24) is 19.7 Å². The summed E-state index contributed by atoms with van der Waals surface area (Å²) in [5.74, 6) is 2.14. The van der Waals surface area contributed by atoms with Crippen LogP contribution in [-0.4, -0.2) is 65.0 Å². The Balaban J connectivity index is 1.63. The SMILES string of the molecule is [C-]#[N+]C1=C(C(=O)OC2C(C)CC(C)CC2C)c2nc(-c3cc(OC)ccc3OC)nn2/C1=N/c1ncc(N(CC)CC)s1. The van der Waals surface area contributed by atoms with Crippen molar-refractivity contribution in [3.8, 4) is 22.9 Å². The number of hydrogen-bond donors (Lipinski definition) is 0. The molecular formula is C31H37N7O4S. The van der Waals surface area contributed by atoms with Crippen LogP contribution in [0.15, 0.2) is 35.1 Å². The van der Waals surface area contributed by atoms with Crippen LogP contribution in [0.2, 0.25) is 0 Å². The van der Waals surface area contributed by atoms with Gasteiger partial charge in [-0.3, -0.25) is 0 Å². The molecule has 0 amide bonds. The van der Waals surface area contributed by atoms with Gasteiger partial charge in [-0.2, -0.15) is 0 Å². The summed E-state index contributed by atoms with van der Waals surface area (Å²) < 4.78 is 18.6. The van der Waals surface area contributed by atoms with Crippen LogP contribution in [0.3, 0.4) is 0 Å². The summed E-state index contributed by atoms with van der Waals surface area (Å²) in [5, 5.41) is 6.13. The van der Waals surface area contributed by atoms with Crippen LogP contribution in [0.25, 0.3) is 21.8 Å². The molecule has 43 heavy (non-hydrogen) atoms. The number of aromatic nitrogens is 4. The van der Waals surface area contributed by atoms with Gasteiger partial charge in [0.15, 0.2) is 17.5 Å². The van der Waals surface area contributed by atoms with Gasteiger partial charge in [0.1, 0.15) is 28.2 Å². The zero-order chi connectivity index (χ0) is 30.8. The maximum absolute atomic E-state index is 13.9. The van der Waals surface area contributed by atoms with E-state index in [1.807, 2.05) is 0 Å². The van der Waals surface area contributed by atoms with Crippen LogP contribution in [0.5, 0.6) is 11.5 Å². The van der Waals surface area contributed by atoms with Crippen molar-refractivity contribution in [3.63, 3.8) is 0 Å². The highest BCUT2D eigenvalue weighted by Gasteiger charge is 2.41. The number of rotatable bonds is 9. The highest BCUT2D eigenvalue weighted by molar-refractivity contribution is 7.19. The molecule has 1 saturated carbocycles. The Hall–Kier alpha value is -4.24. The Bertz CT molecular complexity index is 1600. The van der Waals surface area contributed by atoms with Gasteiger partial charge in [-0.25, -0.2) is 29.3 Å². The summed E-state index contributed by atoms with van der Waals surface area (Å²) in [5.41, 5.74) is 0.655. The standard InChI is InChI=1S/C31H37N7O4S/c1-9-37(10-2)23-16-33-31(43-23)35-29-25(32-6)24(30(39)42-26-18(4)13-17(3)14-19(26)5)28-34-27(36-38(28)29)21-15-20(40-7)11-12-22(21)41-8/h11-12,15-19,26H,9-10,13-14H2,1-5,7-8H3/b35-29+. The second-order valence-electron chi connectivity index (χ2n) is 11.1. The third kappa shape index (κ3) is 5.73. The van der Waals surface area contributed by atoms with Gasteiger partial charge in [-0.1, -0.05) is 32.1 Å². The first kappa shape index (κ1) is 30.2. The van der Waals surface area contributed by atoms with E-state index in [4.69, 9.17) is 35.9 Å². The third-order valence-electron chi connectivity index (χ3n) is 8.11. The maximum Gasteiger partial charge on any atom is 0.331 e. The molecule has 0 saturated heterocycles. The number of nitrogens with zero attached hydrogens (tertiary/aromatic N) is 7. The highest BCUT2D eigenvalue weighted by Crippen LogP contribution is 2.40. The summed E-state index contributed by atoms with van der Waals surface area (Å²) in [4.78, 5) is 33.9. The monoisotopic (exact) mass is 603 g/mol. The number of esters is 1. The Morgan fingerprint density at radius 1 is 1.16 bits per heavy atom. The Kier molecular flexibility index (Phi) is 8.82. The molecule has 0 radical (unpaired) electrons. The van der Waals surface area contributed by atoms with Crippen molar-refractivity contribution >= 4 is 38.8 Å². The topological polar surface area (TPSA) is 108 Å². The summed E-state index contributed by atoms with van der Waals surface area (Å²) in [6.07, 6.45) is 3.44. The molecule has 1 aromatic carbocycles. The van der Waals surface area contributed by atoms with Crippen molar-refractivity contribution < 1.29 is 19.0 Å². The minimum absolute atomic E-state index is 0.0354. The lowest BCUT2D eigenvalue weighted by Crippen LogP contribution is -2.37. The molecule has 5 rings (SSSR count). The third-order valence-corrected chi connectivity index (χ3v) is 9.07. The van der Waals surface area contributed by atoms with Gasteiger partial charge in [-0.05, 0) is 62.6 Å². The van der Waals surface area contributed by atoms with Crippen LogP contribution < -0.4 is 14.4 Å². The average molecular weight is 604 g/mol. The number of methoxy groups -OCH3 is 2. The summed E-state index contributed by atoms with van der Waals surface area (Å²) in [6.45, 7) is 20.3. The normalized spacial score (nSPS) is 22.3. The number of aliphatic imine (C=N–C) groups is 1. The van der Waals surface area contributed by atoms with E-state index >= 15 is 0 Å². The molecule has 0 N–H and O–H groups in total. The predicted octanol–water partition coefficient (Wildman–Crippen LogP) is 6.10. The minimum Gasteiger partial charge on any atom is -0.497 e. The lowest BCUT2D eigenvalue weighted by molar-refractivity contribution is -0.150. The van der Waals surface area contributed by atoms with E-state index in [1.54, 1.807) is 38.6 Å². The molecule has 0 spiro atoms. The van der Waals surface area contributed by atoms with E-state index in [0.29, 0.717) is 33.9 Å². The van der Waals surface area contributed by atoms with Gasteiger partial charge < -0.3 is 19.1 Å². The van der Waals surface area contributed by atoms with Gasteiger partial charge >= 0.3 is 5.97 Å². The number of ether oxygens (including phenoxy) is 3. The molecule has 3 aromatic rings. The fraction of sp³-hybridized carbons (Fsp3) is 0.484. The predicted molar refractivity (Wildman–Crippen MR) is 167 cm³/mol. The van der Waals surface area contributed by atoms with Gasteiger partial charge in [-0.15, -0.1) is 5.10 Å². The number of carbonyl (C=O) groups is 1. The van der Waals surface area contributed by atoms with Crippen molar-refractivity contribution in [2.45, 2.75) is 53.6 Å². The van der Waals surface area contributed by atoms with E-state index in [9.17, 15) is 4.79 Å². The van der Waals surface area contributed by atoms with Gasteiger partial charge in [0.05, 0.1) is 32.6 Å². The molecule has 12 heteroatoms. The van der Waals surface area contributed by atoms with Gasteiger partial charge in [0.25, 0.3) is 0 Å². The molecule has 1 fully saturated rings. The molecule has 3 heterocycles. The Morgan fingerprint density at radius 2 is 1.88 bits per heavy atom. The first-order valence-corrected chi connectivity index (χ1v) is 15.4. The van der Waals surface area contributed by atoms with Crippen LogP contribution in [0.4, 0.5) is 10.1 Å². The number of allylic oxidation sites excluding steroid dienone is 1. The van der Waals surface area contributed by atoms with Gasteiger partial charge in [0, 0.05) is 13.1 Å². The number of anilines is 1. The smallest absolute Gasteiger partial charge is 0.331 e.